The molecule has 1 amide bonds. The van der Waals surface area contributed by atoms with Gasteiger partial charge in [0.2, 0.25) is 11.7 Å². The Hall–Kier alpha value is -2.88. The van der Waals surface area contributed by atoms with Crippen molar-refractivity contribution in [1.82, 2.24) is 4.90 Å². The number of aliphatic hydroxyl groups excluding tert-OH is 2. The number of unbranched alkanes of at least 4 members (excludes halogenated alkanes) is 2. The number of amides is 1. The van der Waals surface area contributed by atoms with E-state index in [1.54, 1.807) is 19.3 Å². The molecule has 9 heteroatoms. The Kier molecular flexibility index (Phi) is 13.0. The highest BCUT2D eigenvalue weighted by Crippen LogP contribution is 2.61. The Morgan fingerprint density at radius 3 is 2.56 bits per heavy atom. The normalized spacial score (nSPS) is 28.7. The standard InChI is InChI=1S/C39H58N2O7/c1-4-20-41(36(45)19-16-27-12-6-7-13-27)35-26-33(40-46-3)31-24-28(14-8-10-21-42)30(15-9-11-22-43)37-32-25-29(44)17-18-34(32)48-39(35,38(31)37)47-23-5-2/h5,17-18,24-25,27-28,30,35,37-38,42-44H,2,4,6-16,19-23,26H2,1,3H3/t28-,30+,35-,37+,38+,39+/m0/s1. The number of aliphatic hydroxyl groups is 2. The minimum absolute atomic E-state index is 0.119. The highest BCUT2D eigenvalue weighted by atomic mass is 16.7. The highest BCUT2D eigenvalue weighted by molar-refractivity contribution is 6.03. The number of rotatable bonds is 18. The first-order chi connectivity index (χ1) is 23.4. The zero-order chi connectivity index (χ0) is 34.1. The molecule has 2 fully saturated rings. The van der Waals surface area contributed by atoms with Crippen LogP contribution >= 0.6 is 0 Å². The minimum atomic E-state index is -1.23. The Balaban J connectivity index is 1.68. The molecule has 5 rings (SSSR count). The molecule has 4 aliphatic rings. The summed E-state index contributed by atoms with van der Waals surface area (Å²) in [5.41, 5.74) is 2.74. The molecule has 1 aliphatic heterocycles. The van der Waals surface area contributed by atoms with Crippen molar-refractivity contribution < 1.29 is 34.4 Å². The molecule has 1 heterocycles. The molecule has 1 aromatic rings. The number of nitrogens with zero attached hydrogens (tertiary/aromatic N) is 2. The Labute approximate surface area is 287 Å². The Bertz CT molecular complexity index is 1290. The van der Waals surface area contributed by atoms with Crippen molar-refractivity contribution in [2.45, 2.75) is 115 Å². The van der Waals surface area contributed by atoms with Gasteiger partial charge in [-0.2, -0.15) is 0 Å². The lowest BCUT2D eigenvalue weighted by Gasteiger charge is -2.60. The van der Waals surface area contributed by atoms with Crippen LogP contribution in [0.1, 0.15) is 108 Å². The SMILES string of the molecule is C=CCO[C@@]12Oc3ccc(O)cc3[C@H]3[C@H](CCCCO)[C@@H](CCCCO)C=C(C(=NOC)C[C@@H]1N(CCC)C(=O)CCC1CCCC1)[C@H]32. The van der Waals surface area contributed by atoms with Gasteiger partial charge in [0.1, 0.15) is 24.7 Å². The molecule has 0 radical (unpaired) electrons. The monoisotopic (exact) mass is 666 g/mol. The van der Waals surface area contributed by atoms with Gasteiger partial charge in [0.15, 0.2) is 0 Å². The van der Waals surface area contributed by atoms with Gasteiger partial charge in [-0.25, -0.2) is 0 Å². The molecule has 0 unspecified atom stereocenters. The van der Waals surface area contributed by atoms with Crippen LogP contribution < -0.4 is 4.74 Å². The van der Waals surface area contributed by atoms with E-state index in [1.807, 2.05) is 17.0 Å². The Morgan fingerprint density at radius 1 is 1.12 bits per heavy atom. The van der Waals surface area contributed by atoms with Crippen LogP contribution in [0.2, 0.25) is 0 Å². The van der Waals surface area contributed by atoms with E-state index in [-0.39, 0.29) is 55.1 Å². The van der Waals surface area contributed by atoms with Crippen LogP contribution in [-0.4, -0.2) is 77.1 Å². The number of benzene rings is 1. The highest BCUT2D eigenvalue weighted by Gasteiger charge is 2.65. The largest absolute Gasteiger partial charge is 0.508 e. The third-order valence-electron chi connectivity index (χ3n) is 11.3. The molecule has 2 saturated carbocycles. The zero-order valence-corrected chi connectivity index (χ0v) is 29.2. The van der Waals surface area contributed by atoms with Gasteiger partial charge >= 0.3 is 0 Å². The number of ether oxygens (including phenoxy) is 2. The second kappa shape index (κ2) is 17.2. The van der Waals surface area contributed by atoms with Crippen LogP contribution in [0, 0.1) is 23.7 Å². The maximum Gasteiger partial charge on any atom is 0.239 e. The fourth-order valence-electron chi connectivity index (χ4n) is 9.23. The van der Waals surface area contributed by atoms with Crippen molar-refractivity contribution in [3.63, 3.8) is 0 Å². The average molecular weight is 667 g/mol. The smallest absolute Gasteiger partial charge is 0.239 e. The van der Waals surface area contributed by atoms with E-state index in [4.69, 9.17) is 14.3 Å². The number of carbonyl (C=O) groups is 1. The van der Waals surface area contributed by atoms with Gasteiger partial charge in [0, 0.05) is 44.1 Å². The molecule has 0 spiro atoms. The minimum Gasteiger partial charge on any atom is -0.508 e. The molecule has 48 heavy (non-hydrogen) atoms. The van der Waals surface area contributed by atoms with Crippen LogP contribution in [0.3, 0.4) is 0 Å². The molecule has 1 aromatic carbocycles. The van der Waals surface area contributed by atoms with Crippen molar-refractivity contribution in [2.75, 3.05) is 33.5 Å². The predicted molar refractivity (Wildman–Crippen MR) is 187 cm³/mol. The van der Waals surface area contributed by atoms with Gasteiger partial charge in [-0.05, 0) is 80.1 Å². The zero-order valence-electron chi connectivity index (χ0n) is 29.2. The summed E-state index contributed by atoms with van der Waals surface area (Å²) in [6.07, 6.45) is 16.5. The number of hydrogen-bond donors (Lipinski definition) is 3. The van der Waals surface area contributed by atoms with E-state index in [9.17, 15) is 20.1 Å². The number of allylic oxidation sites excluding steroid dienone is 1. The number of phenolic OH excluding ortho intramolecular Hbond substituents is 1. The lowest BCUT2D eigenvalue weighted by atomic mass is 9.55. The van der Waals surface area contributed by atoms with E-state index in [0.29, 0.717) is 37.5 Å². The van der Waals surface area contributed by atoms with Gasteiger partial charge in [-0.1, -0.05) is 62.8 Å². The van der Waals surface area contributed by atoms with E-state index >= 15 is 0 Å². The van der Waals surface area contributed by atoms with Gasteiger partial charge in [0.05, 0.1) is 18.2 Å². The number of phenols is 1. The molecular formula is C39H58N2O7. The summed E-state index contributed by atoms with van der Waals surface area (Å²) in [7, 11) is 1.57. The summed E-state index contributed by atoms with van der Waals surface area (Å²) in [6, 6.07) is 4.85. The number of oxime groups is 1. The topological polar surface area (TPSA) is 121 Å². The summed E-state index contributed by atoms with van der Waals surface area (Å²) in [4.78, 5) is 21.9. The Morgan fingerprint density at radius 2 is 1.88 bits per heavy atom. The van der Waals surface area contributed by atoms with Crippen LogP contribution in [-0.2, 0) is 14.4 Å². The molecule has 0 bridgehead atoms. The lowest BCUT2D eigenvalue weighted by molar-refractivity contribution is -0.257. The predicted octanol–water partition coefficient (Wildman–Crippen LogP) is 6.86. The number of hydrogen-bond acceptors (Lipinski definition) is 8. The quantitative estimate of drug-likeness (QED) is 0.0889. The maximum absolute atomic E-state index is 14.4. The van der Waals surface area contributed by atoms with Gasteiger partial charge in [-0.15, -0.1) is 6.58 Å². The first-order valence-electron chi connectivity index (χ1n) is 18.5. The third kappa shape index (κ3) is 7.63. The van der Waals surface area contributed by atoms with Crippen molar-refractivity contribution in [3.05, 3.63) is 48.1 Å². The van der Waals surface area contributed by atoms with Gasteiger partial charge in [-0.3, -0.25) is 4.79 Å². The van der Waals surface area contributed by atoms with Crippen molar-refractivity contribution in [1.29, 1.82) is 0 Å². The fourth-order valence-corrected chi connectivity index (χ4v) is 9.23. The maximum atomic E-state index is 14.4. The molecule has 0 aromatic heterocycles. The van der Waals surface area contributed by atoms with Gasteiger partial charge in [0.25, 0.3) is 0 Å². The van der Waals surface area contributed by atoms with E-state index in [1.165, 1.54) is 25.7 Å². The van der Waals surface area contributed by atoms with Crippen LogP contribution in [0.4, 0.5) is 0 Å². The molecular weight excluding hydrogens is 608 g/mol. The first-order valence-corrected chi connectivity index (χ1v) is 18.5. The molecule has 6 atom stereocenters. The van der Waals surface area contributed by atoms with Crippen LogP contribution in [0.25, 0.3) is 0 Å². The molecule has 266 valence electrons. The third-order valence-corrected chi connectivity index (χ3v) is 11.3. The van der Waals surface area contributed by atoms with Crippen molar-refractivity contribution in [2.24, 2.45) is 28.8 Å². The van der Waals surface area contributed by atoms with E-state index < -0.39 is 11.8 Å². The first kappa shape index (κ1) is 36.4. The summed E-state index contributed by atoms with van der Waals surface area (Å²) in [5, 5.41) is 34.8. The second-order valence-corrected chi connectivity index (χ2v) is 14.3. The summed E-state index contributed by atoms with van der Waals surface area (Å²) in [5.74, 6) is 0.166. The van der Waals surface area contributed by atoms with E-state index in [2.05, 4.69) is 24.7 Å². The van der Waals surface area contributed by atoms with Crippen molar-refractivity contribution in [3.8, 4) is 11.5 Å². The number of fused-ring (bicyclic) bond motifs is 2. The summed E-state index contributed by atoms with van der Waals surface area (Å²) in [6.45, 7) is 7.17. The van der Waals surface area contributed by atoms with Crippen LogP contribution in [0.5, 0.6) is 11.5 Å². The average Bonchev–Trinajstić information content (AvgIpc) is 3.61. The molecule has 0 saturated heterocycles. The second-order valence-electron chi connectivity index (χ2n) is 14.3. The summed E-state index contributed by atoms with van der Waals surface area (Å²) < 4.78 is 14.1. The number of carbonyl (C=O) groups excluding carboxylic acids is 1. The van der Waals surface area contributed by atoms with Gasteiger partial charge < -0.3 is 34.5 Å². The molecule has 3 aliphatic carbocycles. The fraction of sp³-hybridized carbons (Fsp3) is 0.692. The lowest BCUT2D eigenvalue weighted by Crippen LogP contribution is -2.70. The van der Waals surface area contributed by atoms with Crippen molar-refractivity contribution >= 4 is 11.6 Å². The van der Waals surface area contributed by atoms with Crippen LogP contribution in [0.15, 0.2) is 47.7 Å². The van der Waals surface area contributed by atoms with E-state index in [0.717, 1.165) is 61.8 Å². The molecule has 3 N–H and O–H groups in total. The number of aromatic hydroxyl groups is 1. The molecule has 9 nitrogen and oxygen atoms in total. The summed E-state index contributed by atoms with van der Waals surface area (Å²) >= 11 is 0.